The largest absolute Gasteiger partial charge is 0.301 e. The Bertz CT molecular complexity index is 224. The smallest absolute Gasteiger partial charge is 0.0270 e. The van der Waals surface area contributed by atoms with E-state index in [0.29, 0.717) is 12.6 Å². The second kappa shape index (κ2) is 6.67. The summed E-state index contributed by atoms with van der Waals surface area (Å²) in [4.78, 5) is 7.72. The molecule has 1 aliphatic rings. The molecule has 1 rings (SSSR count). The number of hydrogen-bond donors (Lipinski definition) is 0. The van der Waals surface area contributed by atoms with Crippen LogP contribution in [0, 0.1) is 0 Å². The number of likely N-dealkylation sites (N-methyl/N-ethyl adjacent to an activating group) is 1. The summed E-state index contributed by atoms with van der Waals surface area (Å²) in [6, 6.07) is 0.656. The van der Waals surface area contributed by atoms with Crippen LogP contribution in [0.15, 0.2) is 5.11 Å². The van der Waals surface area contributed by atoms with Crippen LogP contribution in [0.3, 0.4) is 0 Å². The van der Waals surface area contributed by atoms with E-state index in [0.717, 1.165) is 32.6 Å². The van der Waals surface area contributed by atoms with Crippen LogP contribution in [0.2, 0.25) is 0 Å². The van der Waals surface area contributed by atoms with Crippen LogP contribution in [-0.2, 0) is 0 Å². The lowest BCUT2D eigenvalue weighted by atomic mass is 10.2. The van der Waals surface area contributed by atoms with Crippen LogP contribution in [0.5, 0.6) is 0 Å². The maximum absolute atomic E-state index is 8.15. The molecule has 5 heteroatoms. The molecule has 1 atom stereocenters. The third-order valence-corrected chi connectivity index (χ3v) is 3.05. The molecular formula is C10H21N5. The molecule has 1 unspecified atom stereocenters. The zero-order valence-corrected chi connectivity index (χ0v) is 9.76. The van der Waals surface area contributed by atoms with E-state index >= 15 is 0 Å². The van der Waals surface area contributed by atoms with Gasteiger partial charge in [0, 0.05) is 37.1 Å². The van der Waals surface area contributed by atoms with Gasteiger partial charge in [0.05, 0.1) is 0 Å². The van der Waals surface area contributed by atoms with Crippen molar-refractivity contribution in [1.29, 1.82) is 0 Å². The van der Waals surface area contributed by atoms with Crippen molar-refractivity contribution < 1.29 is 0 Å². The lowest BCUT2D eigenvalue weighted by Crippen LogP contribution is -2.51. The number of rotatable bonds is 5. The molecule has 0 radical (unpaired) electrons. The Hall–Kier alpha value is -0.770. The summed E-state index contributed by atoms with van der Waals surface area (Å²) in [7, 11) is 0. The highest BCUT2D eigenvalue weighted by Gasteiger charge is 2.21. The minimum atomic E-state index is 0.624. The first kappa shape index (κ1) is 12.3. The number of azide groups is 1. The Morgan fingerprint density at radius 1 is 1.47 bits per heavy atom. The quantitative estimate of drug-likeness (QED) is 0.301. The van der Waals surface area contributed by atoms with Gasteiger partial charge in [0.1, 0.15) is 0 Å². The van der Waals surface area contributed by atoms with Crippen molar-refractivity contribution in [3.05, 3.63) is 10.4 Å². The maximum atomic E-state index is 8.15. The number of hydrogen-bond acceptors (Lipinski definition) is 3. The molecule has 1 saturated heterocycles. The molecule has 86 valence electrons. The first-order chi connectivity index (χ1) is 7.27. The van der Waals surface area contributed by atoms with Gasteiger partial charge in [-0.3, -0.25) is 4.90 Å². The van der Waals surface area contributed by atoms with Crippen molar-refractivity contribution in [3.63, 3.8) is 0 Å². The highest BCUT2D eigenvalue weighted by molar-refractivity contribution is 4.78. The normalized spacial score (nSPS) is 23.7. The summed E-state index contributed by atoms with van der Waals surface area (Å²) in [5.41, 5.74) is 8.15. The van der Waals surface area contributed by atoms with Gasteiger partial charge in [-0.25, -0.2) is 0 Å². The van der Waals surface area contributed by atoms with Crippen molar-refractivity contribution >= 4 is 0 Å². The standard InChI is InChI=1S/C10H21N5/c1-3-15-8-7-14(9-10(15)2)6-4-5-12-13-11/h10H,3-9H2,1-2H3. The van der Waals surface area contributed by atoms with E-state index < -0.39 is 0 Å². The average Bonchev–Trinajstić information content (AvgIpc) is 2.25. The Labute approximate surface area is 91.7 Å². The van der Waals surface area contributed by atoms with Crippen LogP contribution in [0.4, 0.5) is 0 Å². The third kappa shape index (κ3) is 4.08. The molecule has 1 fully saturated rings. The predicted octanol–water partition coefficient (Wildman–Crippen LogP) is 1.71. The van der Waals surface area contributed by atoms with Crippen molar-refractivity contribution in [2.45, 2.75) is 26.3 Å². The molecule has 1 heterocycles. The fraction of sp³-hybridized carbons (Fsp3) is 1.00. The Kier molecular flexibility index (Phi) is 5.47. The summed E-state index contributed by atoms with van der Waals surface area (Å²) in [5, 5.41) is 3.55. The molecule has 5 nitrogen and oxygen atoms in total. The maximum Gasteiger partial charge on any atom is 0.0270 e. The lowest BCUT2D eigenvalue weighted by molar-refractivity contribution is 0.0878. The Morgan fingerprint density at radius 2 is 2.27 bits per heavy atom. The fourth-order valence-corrected chi connectivity index (χ4v) is 2.15. The molecule has 15 heavy (non-hydrogen) atoms. The summed E-state index contributed by atoms with van der Waals surface area (Å²) >= 11 is 0. The van der Waals surface area contributed by atoms with Crippen molar-refractivity contribution in [1.82, 2.24) is 9.80 Å². The first-order valence-electron chi connectivity index (χ1n) is 5.75. The Balaban J connectivity index is 2.19. The number of piperazine rings is 1. The highest BCUT2D eigenvalue weighted by Crippen LogP contribution is 2.08. The van der Waals surface area contributed by atoms with E-state index in [2.05, 4.69) is 33.7 Å². The lowest BCUT2D eigenvalue weighted by Gasteiger charge is -2.39. The number of nitrogens with zero attached hydrogens (tertiary/aromatic N) is 5. The van der Waals surface area contributed by atoms with Gasteiger partial charge >= 0.3 is 0 Å². The van der Waals surface area contributed by atoms with E-state index in [4.69, 9.17) is 5.53 Å². The minimum absolute atomic E-state index is 0.624. The molecule has 0 aromatic heterocycles. The van der Waals surface area contributed by atoms with Crippen molar-refractivity contribution in [3.8, 4) is 0 Å². The van der Waals surface area contributed by atoms with Crippen LogP contribution in [0.1, 0.15) is 20.3 Å². The van der Waals surface area contributed by atoms with Gasteiger partial charge in [-0.05, 0) is 32.0 Å². The van der Waals surface area contributed by atoms with Gasteiger partial charge in [0.25, 0.3) is 0 Å². The van der Waals surface area contributed by atoms with E-state index in [1.54, 1.807) is 0 Å². The van der Waals surface area contributed by atoms with Gasteiger partial charge in [0.15, 0.2) is 0 Å². The van der Waals surface area contributed by atoms with E-state index in [9.17, 15) is 0 Å². The fourth-order valence-electron chi connectivity index (χ4n) is 2.15. The van der Waals surface area contributed by atoms with E-state index in [1.807, 2.05) is 0 Å². The topological polar surface area (TPSA) is 55.2 Å². The Morgan fingerprint density at radius 3 is 2.87 bits per heavy atom. The molecule has 0 N–H and O–H groups in total. The average molecular weight is 211 g/mol. The molecule has 0 amide bonds. The molecule has 0 saturated carbocycles. The van der Waals surface area contributed by atoms with Crippen molar-refractivity contribution in [2.75, 3.05) is 39.3 Å². The third-order valence-electron chi connectivity index (χ3n) is 3.05. The van der Waals surface area contributed by atoms with Gasteiger partial charge in [-0.1, -0.05) is 12.0 Å². The molecule has 1 aliphatic heterocycles. The monoisotopic (exact) mass is 211 g/mol. The summed E-state index contributed by atoms with van der Waals surface area (Å²) < 4.78 is 0. The molecule has 0 aromatic rings. The predicted molar refractivity (Wildman–Crippen MR) is 61.8 cm³/mol. The van der Waals surface area contributed by atoms with E-state index in [1.165, 1.54) is 6.54 Å². The summed E-state index contributed by atoms with van der Waals surface area (Å²) in [5.74, 6) is 0. The summed E-state index contributed by atoms with van der Waals surface area (Å²) in [6.07, 6.45) is 0.975. The molecule has 0 aromatic carbocycles. The zero-order valence-electron chi connectivity index (χ0n) is 9.76. The van der Waals surface area contributed by atoms with Gasteiger partial charge < -0.3 is 4.90 Å². The zero-order chi connectivity index (χ0) is 11.1. The van der Waals surface area contributed by atoms with Crippen LogP contribution in [0.25, 0.3) is 10.4 Å². The first-order valence-corrected chi connectivity index (χ1v) is 5.75. The highest BCUT2D eigenvalue weighted by atomic mass is 15.3. The molecule has 0 bridgehead atoms. The molecule has 0 aliphatic carbocycles. The van der Waals surface area contributed by atoms with Gasteiger partial charge in [-0.2, -0.15) is 0 Å². The SMILES string of the molecule is CCN1CCN(CCCN=[N+]=[N-])CC1C. The second-order valence-electron chi connectivity index (χ2n) is 4.09. The van der Waals surface area contributed by atoms with Crippen LogP contribution in [-0.4, -0.2) is 55.1 Å². The van der Waals surface area contributed by atoms with Crippen LogP contribution < -0.4 is 0 Å². The van der Waals surface area contributed by atoms with Crippen molar-refractivity contribution in [2.24, 2.45) is 5.11 Å². The van der Waals surface area contributed by atoms with Gasteiger partial charge in [0.2, 0.25) is 0 Å². The second-order valence-corrected chi connectivity index (χ2v) is 4.09. The molecule has 0 spiro atoms. The molecular weight excluding hydrogens is 190 g/mol. The van der Waals surface area contributed by atoms with Gasteiger partial charge in [-0.15, -0.1) is 0 Å². The summed E-state index contributed by atoms with van der Waals surface area (Å²) in [6.45, 7) is 10.8. The van der Waals surface area contributed by atoms with Crippen LogP contribution >= 0.6 is 0 Å². The minimum Gasteiger partial charge on any atom is -0.301 e. The van der Waals surface area contributed by atoms with E-state index in [-0.39, 0.29) is 0 Å².